The minimum absolute atomic E-state index is 0.194. The quantitative estimate of drug-likeness (QED) is 0.211. The normalized spacial score (nSPS) is 14.7. The van der Waals surface area contributed by atoms with Gasteiger partial charge in [0.1, 0.15) is 29.6 Å². The summed E-state index contributed by atoms with van der Waals surface area (Å²) in [5, 5.41) is 19.0. The number of thiazole rings is 1. The van der Waals surface area contributed by atoms with Gasteiger partial charge in [0, 0.05) is 21.1 Å². The summed E-state index contributed by atoms with van der Waals surface area (Å²) < 4.78 is 15.0. The van der Waals surface area contributed by atoms with Crippen LogP contribution in [0.2, 0.25) is 0 Å². The number of nitrogens with one attached hydrogen (secondary N) is 3. The van der Waals surface area contributed by atoms with Crippen molar-refractivity contribution in [2.24, 2.45) is 0 Å². The zero-order valence-corrected chi connectivity index (χ0v) is 23.7. The van der Waals surface area contributed by atoms with E-state index in [4.69, 9.17) is 14.2 Å². The van der Waals surface area contributed by atoms with Crippen LogP contribution in [-0.4, -0.2) is 91.3 Å². The van der Waals surface area contributed by atoms with Crippen LogP contribution < -0.4 is 16.0 Å². The maximum Gasteiger partial charge on any atom is 0.302 e. The summed E-state index contributed by atoms with van der Waals surface area (Å²) in [6.07, 6.45) is 1.38. The topological polar surface area (TPSA) is 182 Å². The van der Waals surface area contributed by atoms with Crippen LogP contribution in [0.15, 0.2) is 36.5 Å². The largest absolute Gasteiger partial charge is 0.462 e. The van der Waals surface area contributed by atoms with Gasteiger partial charge in [-0.05, 0) is 19.4 Å². The predicted octanol–water partition coefficient (Wildman–Crippen LogP) is 0.0682. The van der Waals surface area contributed by atoms with Gasteiger partial charge in [-0.3, -0.25) is 24.0 Å². The van der Waals surface area contributed by atoms with Crippen LogP contribution in [0.3, 0.4) is 0 Å². The van der Waals surface area contributed by atoms with Gasteiger partial charge in [-0.25, -0.2) is 4.98 Å². The molecule has 0 radical (unpaired) electrons. The smallest absolute Gasteiger partial charge is 0.302 e. The second-order valence-electron chi connectivity index (χ2n) is 9.01. The third kappa shape index (κ3) is 9.48. The summed E-state index contributed by atoms with van der Waals surface area (Å²) in [5.74, 6) is -3.63. The van der Waals surface area contributed by atoms with Crippen LogP contribution in [-0.2, 0) is 33.4 Å². The van der Waals surface area contributed by atoms with E-state index in [2.05, 4.69) is 20.9 Å². The number of esters is 1. The maximum atomic E-state index is 13.3. The summed E-state index contributed by atoms with van der Waals surface area (Å²) in [6, 6.07) is 4.30. The number of ketones is 1. The van der Waals surface area contributed by atoms with Crippen LogP contribution in [0.4, 0.5) is 0 Å². The molecule has 13 nitrogen and oxygen atoms in total. The number of Topliss-reactive ketones (excluding diaryl/α,β-unsaturated/α-hetero) is 1. The number of aromatic nitrogens is 1. The van der Waals surface area contributed by atoms with Crippen molar-refractivity contribution in [3.05, 3.63) is 52.0 Å². The Bertz CT molecular complexity index is 1190. The molecule has 0 saturated carbocycles. The van der Waals surface area contributed by atoms with Gasteiger partial charge >= 0.3 is 5.97 Å². The van der Waals surface area contributed by atoms with Gasteiger partial charge in [-0.1, -0.05) is 30.3 Å². The molecule has 1 aromatic heterocycles. The van der Waals surface area contributed by atoms with E-state index in [1.165, 1.54) is 20.4 Å². The number of aryl methyl sites for hydroxylation is 1. The summed E-state index contributed by atoms with van der Waals surface area (Å²) in [5.41, 5.74) is -1.79. The van der Waals surface area contributed by atoms with Crippen molar-refractivity contribution in [2.45, 2.75) is 44.5 Å². The molecule has 218 valence electrons. The van der Waals surface area contributed by atoms with E-state index in [9.17, 15) is 29.1 Å². The Labute approximate surface area is 235 Å². The van der Waals surface area contributed by atoms with Gasteiger partial charge < -0.3 is 35.3 Å². The molecule has 0 saturated heterocycles. The number of hydrogen-bond acceptors (Lipinski definition) is 11. The average molecular weight is 579 g/mol. The molecular weight excluding hydrogens is 544 g/mol. The lowest BCUT2D eigenvalue weighted by atomic mass is 9.91. The Kier molecular flexibility index (Phi) is 12.3. The Morgan fingerprint density at radius 2 is 1.55 bits per heavy atom. The number of hydrogen-bond donors (Lipinski definition) is 4. The highest BCUT2D eigenvalue weighted by Gasteiger charge is 2.40. The first-order valence-electron chi connectivity index (χ1n) is 12.2. The first kappa shape index (κ1) is 32.5. The number of aliphatic hydroxyl groups is 1. The molecule has 14 heteroatoms. The summed E-state index contributed by atoms with van der Waals surface area (Å²) >= 11 is 1.15. The number of methoxy groups -OCH3 is 2. The molecule has 2 aromatic rings. The maximum absolute atomic E-state index is 13.3. The molecule has 3 amide bonds. The standard InChI is InChI=1S/C26H34N4O9S/c1-15-27-11-20(40-15)25(35)29-18(12-37-4)23(33)28-19(13-38-5)24(34)30-21(17-9-7-6-8-10-17)22(32)26(3,36)14-39-16(2)31/h6-11,18-19,21,36H,12-14H2,1-5H3,(H,28,33)(H,29,35)(H,30,34). The minimum atomic E-state index is -2.14. The highest BCUT2D eigenvalue weighted by molar-refractivity contribution is 7.13. The van der Waals surface area contributed by atoms with Crippen molar-refractivity contribution in [2.75, 3.05) is 34.0 Å². The molecule has 1 aromatic carbocycles. The highest BCUT2D eigenvalue weighted by Crippen LogP contribution is 2.21. The van der Waals surface area contributed by atoms with E-state index in [1.807, 2.05) is 0 Å². The molecule has 0 fully saturated rings. The summed E-state index contributed by atoms with van der Waals surface area (Å²) in [6.45, 7) is 2.93. The fraction of sp³-hybridized carbons (Fsp3) is 0.462. The number of carbonyl (C=O) groups excluding carboxylic acids is 5. The zero-order valence-electron chi connectivity index (χ0n) is 22.9. The van der Waals surface area contributed by atoms with Gasteiger partial charge in [0.2, 0.25) is 11.8 Å². The molecular formula is C26H34N4O9S. The SMILES string of the molecule is COCC(NC(=O)c1cnc(C)s1)C(=O)NC(COC)C(=O)NC(C(=O)C(C)(O)COC(C)=O)c1ccccc1. The van der Waals surface area contributed by atoms with E-state index in [0.717, 1.165) is 25.2 Å². The van der Waals surface area contributed by atoms with Gasteiger partial charge in [0.15, 0.2) is 11.4 Å². The molecule has 0 aliphatic rings. The lowest BCUT2D eigenvalue weighted by Gasteiger charge is -2.29. The van der Waals surface area contributed by atoms with Gasteiger partial charge in [-0.2, -0.15) is 0 Å². The Morgan fingerprint density at radius 3 is 2.08 bits per heavy atom. The van der Waals surface area contributed by atoms with Crippen LogP contribution in [0.5, 0.6) is 0 Å². The third-order valence-electron chi connectivity index (χ3n) is 5.54. The summed E-state index contributed by atoms with van der Waals surface area (Å²) in [7, 11) is 2.66. The van der Waals surface area contributed by atoms with Crippen molar-refractivity contribution in [3.63, 3.8) is 0 Å². The molecule has 1 heterocycles. The zero-order chi connectivity index (χ0) is 29.9. The number of benzene rings is 1. The monoisotopic (exact) mass is 578 g/mol. The Balaban J connectivity index is 2.24. The molecule has 40 heavy (non-hydrogen) atoms. The molecule has 4 unspecified atom stereocenters. The minimum Gasteiger partial charge on any atom is -0.462 e. The summed E-state index contributed by atoms with van der Waals surface area (Å²) in [4.78, 5) is 67.9. The molecule has 0 spiro atoms. The first-order chi connectivity index (χ1) is 18.9. The molecule has 4 N–H and O–H groups in total. The number of ether oxygens (including phenoxy) is 3. The Hall–Kier alpha value is -3.72. The first-order valence-corrected chi connectivity index (χ1v) is 13.0. The third-order valence-corrected chi connectivity index (χ3v) is 6.45. The number of nitrogens with zero attached hydrogens (tertiary/aromatic N) is 1. The lowest BCUT2D eigenvalue weighted by Crippen LogP contribution is -2.58. The fourth-order valence-corrected chi connectivity index (χ4v) is 4.16. The van der Waals surface area contributed by atoms with Crippen LogP contribution in [0, 0.1) is 6.92 Å². The number of carbonyl (C=O) groups is 5. The van der Waals surface area contributed by atoms with Crippen molar-refractivity contribution < 1.29 is 43.3 Å². The lowest BCUT2D eigenvalue weighted by molar-refractivity contribution is -0.156. The second-order valence-corrected chi connectivity index (χ2v) is 10.2. The molecule has 0 bridgehead atoms. The molecule has 0 aliphatic heterocycles. The van der Waals surface area contributed by atoms with Crippen molar-refractivity contribution in [3.8, 4) is 0 Å². The number of rotatable bonds is 15. The van der Waals surface area contributed by atoms with Crippen LogP contribution in [0.25, 0.3) is 0 Å². The van der Waals surface area contributed by atoms with Gasteiger partial charge in [0.05, 0.1) is 24.4 Å². The molecule has 0 aliphatic carbocycles. The van der Waals surface area contributed by atoms with Crippen molar-refractivity contribution in [1.82, 2.24) is 20.9 Å². The second kappa shape index (κ2) is 15.2. The van der Waals surface area contributed by atoms with Crippen LogP contribution in [0.1, 0.15) is 40.1 Å². The van der Waals surface area contributed by atoms with Gasteiger partial charge in [0.25, 0.3) is 5.91 Å². The highest BCUT2D eigenvalue weighted by atomic mass is 32.1. The molecule has 4 atom stereocenters. The molecule has 2 rings (SSSR count). The van der Waals surface area contributed by atoms with E-state index in [-0.39, 0.29) is 13.2 Å². The van der Waals surface area contributed by atoms with E-state index < -0.39 is 59.8 Å². The van der Waals surface area contributed by atoms with E-state index >= 15 is 0 Å². The fourth-order valence-electron chi connectivity index (χ4n) is 3.48. The van der Waals surface area contributed by atoms with E-state index in [0.29, 0.717) is 15.4 Å². The average Bonchev–Trinajstić information content (AvgIpc) is 3.36. The van der Waals surface area contributed by atoms with Gasteiger partial charge in [-0.15, -0.1) is 11.3 Å². The Morgan fingerprint density at radius 1 is 0.975 bits per heavy atom. The van der Waals surface area contributed by atoms with Crippen molar-refractivity contribution >= 4 is 40.8 Å². The predicted molar refractivity (Wildman–Crippen MR) is 143 cm³/mol. The number of amides is 3. The van der Waals surface area contributed by atoms with Crippen LogP contribution >= 0.6 is 11.3 Å². The van der Waals surface area contributed by atoms with Crippen molar-refractivity contribution in [1.29, 1.82) is 0 Å². The van der Waals surface area contributed by atoms with E-state index in [1.54, 1.807) is 37.3 Å².